The van der Waals surface area contributed by atoms with Crippen LogP contribution < -0.4 is 11.1 Å². The average Bonchev–Trinajstić information content (AvgIpc) is 3.23. The minimum Gasteiger partial charge on any atom is -0.327 e. The number of halogens is 2. The largest absolute Gasteiger partial charge is 0.327 e. The molecule has 24 heavy (non-hydrogen) atoms. The van der Waals surface area contributed by atoms with Crippen LogP contribution in [0, 0.1) is 17.8 Å². The topological polar surface area (TPSA) is 80.9 Å². The molecule has 2 saturated carbocycles. The van der Waals surface area contributed by atoms with E-state index in [1.165, 1.54) is 11.3 Å². The van der Waals surface area contributed by atoms with E-state index in [0.29, 0.717) is 27.0 Å². The fourth-order valence-corrected chi connectivity index (χ4v) is 5.00. The highest BCUT2D eigenvalue weighted by atomic mass is 35.5. The van der Waals surface area contributed by atoms with Crippen molar-refractivity contribution in [3.05, 3.63) is 29.3 Å². The summed E-state index contributed by atoms with van der Waals surface area (Å²) in [5.41, 5.74) is 7.05. The number of carbonyl (C=O) groups is 1. The zero-order valence-corrected chi connectivity index (χ0v) is 15.2. The highest BCUT2D eigenvalue weighted by Gasteiger charge is 2.49. The Balaban J connectivity index is 0.00000169. The molecular weight excluding hydrogens is 367 g/mol. The van der Waals surface area contributed by atoms with Gasteiger partial charge in [-0.25, -0.2) is 0 Å². The third-order valence-corrected chi connectivity index (χ3v) is 6.24. The maximum absolute atomic E-state index is 12.5. The number of amides is 1. The van der Waals surface area contributed by atoms with Gasteiger partial charge in [0.1, 0.15) is 0 Å². The van der Waals surface area contributed by atoms with Crippen LogP contribution in [0.15, 0.2) is 24.3 Å². The number of fused-ring (bicyclic) bond motifs is 2. The third-order valence-electron chi connectivity index (χ3n) is 5.04. The van der Waals surface area contributed by atoms with Crippen molar-refractivity contribution in [2.45, 2.75) is 25.3 Å². The van der Waals surface area contributed by atoms with E-state index in [0.717, 1.165) is 24.8 Å². The fraction of sp³-hybridized carbons (Fsp3) is 0.438. The van der Waals surface area contributed by atoms with Gasteiger partial charge in [0.2, 0.25) is 11.0 Å². The Bertz CT molecular complexity index is 751. The maximum atomic E-state index is 12.5. The van der Waals surface area contributed by atoms with E-state index in [4.69, 9.17) is 17.3 Å². The molecule has 8 heteroatoms. The summed E-state index contributed by atoms with van der Waals surface area (Å²) in [6.45, 7) is 0. The molecular formula is C16H18Cl2N4OS. The average molecular weight is 385 g/mol. The molecule has 4 unspecified atom stereocenters. The number of rotatable bonds is 3. The van der Waals surface area contributed by atoms with Gasteiger partial charge >= 0.3 is 0 Å². The Kier molecular flexibility index (Phi) is 5.11. The Morgan fingerprint density at radius 1 is 1.25 bits per heavy atom. The smallest absolute Gasteiger partial charge is 0.231 e. The molecule has 1 aromatic carbocycles. The molecule has 128 valence electrons. The summed E-state index contributed by atoms with van der Waals surface area (Å²) in [4.78, 5) is 12.5. The molecule has 5 nitrogen and oxygen atoms in total. The van der Waals surface area contributed by atoms with E-state index in [1.54, 1.807) is 0 Å². The van der Waals surface area contributed by atoms with Gasteiger partial charge in [0.25, 0.3) is 0 Å². The van der Waals surface area contributed by atoms with Gasteiger partial charge < -0.3 is 11.1 Å². The van der Waals surface area contributed by atoms with Crippen molar-refractivity contribution in [3.8, 4) is 10.6 Å². The molecule has 1 heterocycles. The number of anilines is 1. The van der Waals surface area contributed by atoms with Crippen LogP contribution >= 0.6 is 35.3 Å². The lowest BCUT2D eigenvalue weighted by molar-refractivity contribution is -0.121. The second kappa shape index (κ2) is 6.96. The number of carbonyl (C=O) groups excluding carboxylic acids is 1. The van der Waals surface area contributed by atoms with Gasteiger partial charge in [0.05, 0.1) is 10.9 Å². The van der Waals surface area contributed by atoms with E-state index in [-0.39, 0.29) is 30.3 Å². The normalized spacial score (nSPS) is 27.8. The first kappa shape index (κ1) is 17.6. The SMILES string of the molecule is Cl.NC1C2CCC(C2)C1C(=O)Nc1nnc(-c2ccccc2Cl)s1. The summed E-state index contributed by atoms with van der Waals surface area (Å²) in [6, 6.07) is 7.44. The monoisotopic (exact) mass is 384 g/mol. The molecule has 2 bridgehead atoms. The molecule has 3 N–H and O–H groups in total. The predicted octanol–water partition coefficient (Wildman–Crippen LogP) is 3.59. The van der Waals surface area contributed by atoms with Crippen LogP contribution in [0.2, 0.25) is 5.02 Å². The molecule has 2 aromatic rings. The zero-order valence-electron chi connectivity index (χ0n) is 12.8. The summed E-state index contributed by atoms with van der Waals surface area (Å²) >= 11 is 7.50. The van der Waals surface area contributed by atoms with Gasteiger partial charge in [-0.15, -0.1) is 22.6 Å². The summed E-state index contributed by atoms with van der Waals surface area (Å²) in [5.74, 6) is 0.808. The molecule has 1 amide bonds. The number of hydrogen-bond donors (Lipinski definition) is 2. The summed E-state index contributed by atoms with van der Waals surface area (Å²) in [6.07, 6.45) is 3.35. The van der Waals surface area contributed by atoms with Crippen LogP contribution in [0.25, 0.3) is 10.6 Å². The Hall–Kier alpha value is -1.21. The molecule has 4 atom stereocenters. The highest BCUT2D eigenvalue weighted by molar-refractivity contribution is 7.18. The minimum atomic E-state index is -0.0959. The first-order valence-corrected chi connectivity index (χ1v) is 8.98. The van der Waals surface area contributed by atoms with Crippen LogP contribution in [0.4, 0.5) is 5.13 Å². The predicted molar refractivity (Wildman–Crippen MR) is 98.5 cm³/mol. The lowest BCUT2D eigenvalue weighted by atomic mass is 9.84. The molecule has 2 fully saturated rings. The standard InChI is InChI=1S/C16H17ClN4OS.ClH/c17-11-4-2-1-3-10(11)15-20-21-16(23-15)19-14(22)12-8-5-6-9(7-8)13(12)18;/h1-4,8-9,12-13H,5-7,18H2,(H,19,21,22);1H. The second-order valence-electron chi connectivity index (χ2n) is 6.32. The molecule has 0 aliphatic heterocycles. The van der Waals surface area contributed by atoms with Gasteiger partial charge in [-0.2, -0.15) is 0 Å². The van der Waals surface area contributed by atoms with Gasteiger partial charge in [-0.1, -0.05) is 41.1 Å². The molecule has 0 radical (unpaired) electrons. The van der Waals surface area contributed by atoms with Crippen LogP contribution in [-0.2, 0) is 4.79 Å². The number of hydrogen-bond acceptors (Lipinski definition) is 5. The van der Waals surface area contributed by atoms with Crippen molar-refractivity contribution >= 4 is 46.4 Å². The van der Waals surface area contributed by atoms with Crippen LogP contribution in [0.3, 0.4) is 0 Å². The van der Waals surface area contributed by atoms with Gasteiger partial charge in [0.15, 0.2) is 5.01 Å². The van der Waals surface area contributed by atoms with E-state index >= 15 is 0 Å². The number of nitrogens with zero attached hydrogens (tertiary/aromatic N) is 2. The van der Waals surface area contributed by atoms with Gasteiger partial charge in [0, 0.05) is 11.6 Å². The van der Waals surface area contributed by atoms with Crippen molar-refractivity contribution in [2.75, 3.05) is 5.32 Å². The first-order valence-electron chi connectivity index (χ1n) is 7.78. The van der Waals surface area contributed by atoms with Crippen molar-refractivity contribution < 1.29 is 4.79 Å². The molecule has 0 saturated heterocycles. The second-order valence-corrected chi connectivity index (χ2v) is 7.70. The first-order chi connectivity index (χ1) is 11.1. The Labute approximate surface area is 155 Å². The molecule has 0 spiro atoms. The van der Waals surface area contributed by atoms with Crippen molar-refractivity contribution in [2.24, 2.45) is 23.5 Å². The van der Waals surface area contributed by atoms with Crippen LogP contribution in [0.1, 0.15) is 19.3 Å². The van der Waals surface area contributed by atoms with Crippen LogP contribution in [-0.4, -0.2) is 22.1 Å². The molecule has 2 aliphatic carbocycles. The lowest BCUT2D eigenvalue weighted by Gasteiger charge is -2.26. The quantitative estimate of drug-likeness (QED) is 0.846. The Morgan fingerprint density at radius 2 is 2.00 bits per heavy atom. The number of nitrogens with two attached hydrogens (primary N) is 1. The number of aromatic nitrogens is 2. The molecule has 2 aliphatic rings. The van der Waals surface area contributed by atoms with E-state index in [1.807, 2.05) is 24.3 Å². The third kappa shape index (κ3) is 3.04. The fourth-order valence-electron chi connectivity index (χ4n) is 3.93. The van der Waals surface area contributed by atoms with E-state index < -0.39 is 0 Å². The van der Waals surface area contributed by atoms with E-state index in [2.05, 4.69) is 15.5 Å². The Morgan fingerprint density at radius 3 is 2.71 bits per heavy atom. The number of nitrogens with one attached hydrogen (secondary N) is 1. The summed E-state index contributed by atoms with van der Waals surface area (Å²) in [7, 11) is 0. The lowest BCUT2D eigenvalue weighted by Crippen LogP contribution is -2.42. The maximum Gasteiger partial charge on any atom is 0.231 e. The minimum absolute atomic E-state index is 0. The van der Waals surface area contributed by atoms with Crippen molar-refractivity contribution in [1.82, 2.24) is 10.2 Å². The summed E-state index contributed by atoms with van der Waals surface area (Å²) in [5, 5.41) is 12.9. The van der Waals surface area contributed by atoms with E-state index in [9.17, 15) is 4.79 Å². The number of benzene rings is 1. The summed E-state index contributed by atoms with van der Waals surface area (Å²) < 4.78 is 0. The van der Waals surface area contributed by atoms with Crippen LogP contribution in [0.5, 0.6) is 0 Å². The molecule has 4 rings (SSSR count). The highest BCUT2D eigenvalue weighted by Crippen LogP contribution is 2.48. The molecule has 1 aromatic heterocycles. The van der Waals surface area contributed by atoms with Gasteiger partial charge in [-0.3, -0.25) is 4.79 Å². The zero-order chi connectivity index (χ0) is 16.0. The van der Waals surface area contributed by atoms with Gasteiger partial charge in [-0.05, 0) is 37.2 Å². The van der Waals surface area contributed by atoms with Crippen molar-refractivity contribution in [1.29, 1.82) is 0 Å². The van der Waals surface area contributed by atoms with Crippen molar-refractivity contribution in [3.63, 3.8) is 0 Å².